The predicted octanol–water partition coefficient (Wildman–Crippen LogP) is 1.74. The molecule has 0 bridgehead atoms. The van der Waals surface area contributed by atoms with E-state index in [9.17, 15) is 8.42 Å². The van der Waals surface area contributed by atoms with Gasteiger partial charge in [-0.2, -0.15) is 0 Å². The summed E-state index contributed by atoms with van der Waals surface area (Å²) in [5, 5.41) is 3.13. The Morgan fingerprint density at radius 2 is 2.30 bits per heavy atom. The second kappa shape index (κ2) is 7.24. The Bertz CT molecular complexity index is 483. The Kier molecular flexibility index (Phi) is 5.63. The molecule has 2 rings (SSSR count). The first-order valence-electron chi connectivity index (χ1n) is 7.10. The van der Waals surface area contributed by atoms with Gasteiger partial charge in [-0.25, -0.2) is 8.42 Å². The molecule has 0 aliphatic heterocycles. The highest BCUT2D eigenvalue weighted by Crippen LogP contribution is 2.24. The second-order valence-electron chi connectivity index (χ2n) is 5.35. The van der Waals surface area contributed by atoms with Crippen LogP contribution in [0.2, 0.25) is 0 Å². The molecule has 0 radical (unpaired) electrons. The molecule has 114 valence electrons. The first-order valence-corrected chi connectivity index (χ1v) is 9.05. The molecule has 20 heavy (non-hydrogen) atoms. The lowest BCUT2D eigenvalue weighted by atomic mass is 10.2. The molecule has 2 atom stereocenters. The summed E-state index contributed by atoms with van der Waals surface area (Å²) in [6.45, 7) is 1.92. The van der Waals surface area contributed by atoms with Gasteiger partial charge in [0.05, 0.1) is 11.5 Å². The van der Waals surface area contributed by atoms with Gasteiger partial charge >= 0.3 is 0 Å². The van der Waals surface area contributed by atoms with E-state index in [0.29, 0.717) is 13.2 Å². The molecule has 1 heterocycles. The third-order valence-corrected chi connectivity index (χ3v) is 5.36. The summed E-state index contributed by atoms with van der Waals surface area (Å²) in [6.07, 6.45) is 6.56. The van der Waals surface area contributed by atoms with Crippen molar-refractivity contribution in [2.24, 2.45) is 0 Å². The minimum Gasteiger partial charge on any atom is -0.467 e. The van der Waals surface area contributed by atoms with Crippen molar-refractivity contribution in [3.8, 4) is 0 Å². The maximum Gasteiger partial charge on any atom is 0.151 e. The Hall–Kier alpha value is -0.850. The molecule has 1 fully saturated rings. The van der Waals surface area contributed by atoms with Gasteiger partial charge in [-0.05, 0) is 37.9 Å². The lowest BCUT2D eigenvalue weighted by molar-refractivity contribution is 0.103. The predicted molar refractivity (Wildman–Crippen MR) is 77.3 cm³/mol. The normalized spacial score (nSPS) is 23.2. The van der Waals surface area contributed by atoms with E-state index in [2.05, 4.69) is 5.32 Å². The summed E-state index contributed by atoms with van der Waals surface area (Å²) in [6, 6.07) is 3.83. The number of ether oxygens (including phenoxy) is 1. The summed E-state index contributed by atoms with van der Waals surface area (Å²) in [5.41, 5.74) is 0. The van der Waals surface area contributed by atoms with Crippen molar-refractivity contribution in [2.45, 2.75) is 43.6 Å². The first-order chi connectivity index (χ1) is 9.57. The molecule has 1 aliphatic rings. The number of hydrogen-bond donors (Lipinski definition) is 1. The minimum absolute atomic E-state index is 0.107. The van der Waals surface area contributed by atoms with Crippen LogP contribution in [0.1, 0.15) is 31.4 Å². The maximum absolute atomic E-state index is 11.6. The number of rotatable bonds is 8. The van der Waals surface area contributed by atoms with Crippen LogP contribution in [0, 0.1) is 0 Å². The van der Waals surface area contributed by atoms with Gasteiger partial charge in [0, 0.05) is 18.9 Å². The third-order valence-electron chi connectivity index (χ3n) is 3.70. The summed E-state index contributed by atoms with van der Waals surface area (Å²) in [5.74, 6) is 0.825. The van der Waals surface area contributed by atoms with Crippen molar-refractivity contribution < 1.29 is 17.6 Å². The minimum atomic E-state index is -2.93. The van der Waals surface area contributed by atoms with Crippen molar-refractivity contribution in [3.05, 3.63) is 24.2 Å². The van der Waals surface area contributed by atoms with E-state index < -0.39 is 9.84 Å². The Morgan fingerprint density at radius 3 is 3.00 bits per heavy atom. The van der Waals surface area contributed by atoms with Crippen LogP contribution in [-0.4, -0.2) is 39.1 Å². The van der Waals surface area contributed by atoms with Gasteiger partial charge < -0.3 is 14.5 Å². The highest BCUT2D eigenvalue weighted by Gasteiger charge is 2.34. The molecular formula is C14H23NO4S. The van der Waals surface area contributed by atoms with Gasteiger partial charge in [-0.1, -0.05) is 6.42 Å². The van der Waals surface area contributed by atoms with Gasteiger partial charge in [-0.15, -0.1) is 0 Å². The molecule has 1 aromatic heterocycles. The van der Waals surface area contributed by atoms with Crippen molar-refractivity contribution in [2.75, 3.05) is 19.4 Å². The standard InChI is InChI=1S/C14H23NO4S/c1-20(16,17)14-7-2-6-13(14)15-8-4-9-18-11-12-5-3-10-19-12/h3,5,10,13-15H,2,4,6-9,11H2,1H3. The van der Waals surface area contributed by atoms with Gasteiger partial charge in [0.2, 0.25) is 0 Å². The average molecular weight is 301 g/mol. The molecule has 0 spiro atoms. The van der Waals surface area contributed by atoms with Crippen LogP contribution < -0.4 is 5.32 Å². The summed E-state index contributed by atoms with van der Waals surface area (Å²) < 4.78 is 33.9. The van der Waals surface area contributed by atoms with E-state index in [1.165, 1.54) is 6.26 Å². The second-order valence-corrected chi connectivity index (χ2v) is 7.61. The van der Waals surface area contributed by atoms with Crippen molar-refractivity contribution >= 4 is 9.84 Å². The van der Waals surface area contributed by atoms with Gasteiger partial charge in [0.1, 0.15) is 12.4 Å². The molecular weight excluding hydrogens is 278 g/mol. The first kappa shape index (κ1) is 15.5. The van der Waals surface area contributed by atoms with E-state index in [1.807, 2.05) is 12.1 Å². The molecule has 1 N–H and O–H groups in total. The summed E-state index contributed by atoms with van der Waals surface area (Å²) >= 11 is 0. The molecule has 0 amide bonds. The molecule has 6 heteroatoms. The fraction of sp³-hybridized carbons (Fsp3) is 0.714. The zero-order chi connectivity index (χ0) is 14.4. The van der Waals surface area contributed by atoms with Gasteiger partial charge in [0.15, 0.2) is 9.84 Å². The van der Waals surface area contributed by atoms with Crippen molar-refractivity contribution in [1.82, 2.24) is 5.32 Å². The number of furan rings is 1. The maximum atomic E-state index is 11.6. The molecule has 1 aliphatic carbocycles. The van der Waals surface area contributed by atoms with E-state index in [4.69, 9.17) is 9.15 Å². The molecule has 1 saturated carbocycles. The van der Waals surface area contributed by atoms with Crippen LogP contribution in [0.4, 0.5) is 0 Å². The summed E-state index contributed by atoms with van der Waals surface area (Å²) in [7, 11) is -2.93. The number of hydrogen-bond acceptors (Lipinski definition) is 5. The largest absolute Gasteiger partial charge is 0.467 e. The van der Waals surface area contributed by atoms with Crippen molar-refractivity contribution in [3.63, 3.8) is 0 Å². The number of nitrogens with one attached hydrogen (secondary N) is 1. The SMILES string of the molecule is CS(=O)(=O)C1CCCC1NCCCOCc1ccco1. The molecule has 2 unspecified atom stereocenters. The Labute approximate surface area is 120 Å². The van der Waals surface area contributed by atoms with Crippen molar-refractivity contribution in [1.29, 1.82) is 0 Å². The summed E-state index contributed by atoms with van der Waals surface area (Å²) in [4.78, 5) is 0. The van der Waals surface area contributed by atoms with E-state index in [-0.39, 0.29) is 11.3 Å². The topological polar surface area (TPSA) is 68.5 Å². The van der Waals surface area contributed by atoms with E-state index >= 15 is 0 Å². The smallest absolute Gasteiger partial charge is 0.151 e. The molecule has 5 nitrogen and oxygen atoms in total. The van der Waals surface area contributed by atoms with Crippen LogP contribution in [-0.2, 0) is 21.2 Å². The number of sulfone groups is 1. The van der Waals surface area contributed by atoms with Crippen LogP contribution in [0.3, 0.4) is 0 Å². The third kappa shape index (κ3) is 4.61. The highest BCUT2D eigenvalue weighted by atomic mass is 32.2. The lowest BCUT2D eigenvalue weighted by Crippen LogP contribution is -2.40. The zero-order valence-corrected chi connectivity index (χ0v) is 12.7. The fourth-order valence-corrected chi connectivity index (χ4v) is 4.13. The highest BCUT2D eigenvalue weighted by molar-refractivity contribution is 7.91. The molecule has 0 saturated heterocycles. The average Bonchev–Trinajstić information content (AvgIpc) is 3.03. The van der Waals surface area contributed by atoms with Crippen LogP contribution in [0.15, 0.2) is 22.8 Å². The monoisotopic (exact) mass is 301 g/mol. The van der Waals surface area contributed by atoms with Gasteiger partial charge in [-0.3, -0.25) is 0 Å². The Morgan fingerprint density at radius 1 is 1.45 bits per heavy atom. The van der Waals surface area contributed by atoms with E-state index in [0.717, 1.165) is 38.0 Å². The van der Waals surface area contributed by atoms with Gasteiger partial charge in [0.25, 0.3) is 0 Å². The molecule has 1 aromatic rings. The fourth-order valence-electron chi connectivity index (χ4n) is 2.70. The van der Waals surface area contributed by atoms with Crippen LogP contribution in [0.5, 0.6) is 0 Å². The zero-order valence-electron chi connectivity index (χ0n) is 11.9. The quantitative estimate of drug-likeness (QED) is 0.741. The van der Waals surface area contributed by atoms with Crippen LogP contribution >= 0.6 is 0 Å². The molecule has 0 aromatic carbocycles. The van der Waals surface area contributed by atoms with Crippen LogP contribution in [0.25, 0.3) is 0 Å². The van der Waals surface area contributed by atoms with E-state index in [1.54, 1.807) is 6.26 Å². The lowest BCUT2D eigenvalue weighted by Gasteiger charge is -2.19. The Balaban J connectivity index is 1.59.